The normalized spacial score (nSPS) is 10.8. The molecule has 37 heavy (non-hydrogen) atoms. The number of para-hydroxylation sites is 3. The molecule has 5 aromatic rings. The van der Waals surface area contributed by atoms with Crippen molar-refractivity contribution in [2.45, 2.75) is 13.5 Å². The average molecular weight is 490 g/mol. The Labute approximate surface area is 215 Å². The van der Waals surface area contributed by atoms with Crippen molar-refractivity contribution >= 4 is 22.5 Å². The van der Waals surface area contributed by atoms with Gasteiger partial charge in [-0.1, -0.05) is 78.9 Å². The number of fused-ring (bicyclic) bond motifs is 1. The number of rotatable bonds is 8. The van der Waals surface area contributed by atoms with E-state index >= 15 is 0 Å². The van der Waals surface area contributed by atoms with Crippen LogP contribution in [-0.4, -0.2) is 28.6 Å². The summed E-state index contributed by atoms with van der Waals surface area (Å²) in [5.74, 6) is 1.05. The highest BCUT2D eigenvalue weighted by atomic mass is 16.5. The SMILES string of the molecule is Cc1ccccc1OCC(=O)N(CCn1c(-c2ccccc2)nc2ccccc2c1=O)c1ccccc1. The van der Waals surface area contributed by atoms with E-state index in [1.807, 2.05) is 110 Å². The van der Waals surface area contributed by atoms with E-state index in [2.05, 4.69) is 0 Å². The predicted molar refractivity (Wildman–Crippen MR) is 147 cm³/mol. The molecule has 0 aliphatic rings. The number of aromatic nitrogens is 2. The Bertz CT molecular complexity index is 1580. The van der Waals surface area contributed by atoms with Gasteiger partial charge in [-0.05, 0) is 42.8 Å². The first-order chi connectivity index (χ1) is 18.1. The summed E-state index contributed by atoms with van der Waals surface area (Å²) in [5.41, 5.74) is 3.05. The van der Waals surface area contributed by atoms with Gasteiger partial charge in [0.05, 0.1) is 10.9 Å². The highest BCUT2D eigenvalue weighted by Gasteiger charge is 2.19. The van der Waals surface area contributed by atoms with Crippen molar-refractivity contribution in [3.8, 4) is 17.1 Å². The third-order valence-electron chi connectivity index (χ3n) is 6.25. The van der Waals surface area contributed by atoms with Crippen molar-refractivity contribution in [3.63, 3.8) is 0 Å². The lowest BCUT2D eigenvalue weighted by molar-refractivity contribution is -0.120. The van der Waals surface area contributed by atoms with Gasteiger partial charge >= 0.3 is 0 Å². The number of ether oxygens (including phenoxy) is 1. The molecule has 4 aromatic carbocycles. The minimum Gasteiger partial charge on any atom is -0.483 e. The van der Waals surface area contributed by atoms with E-state index in [9.17, 15) is 9.59 Å². The van der Waals surface area contributed by atoms with Crippen LogP contribution < -0.4 is 15.2 Å². The van der Waals surface area contributed by atoms with Crippen LogP contribution >= 0.6 is 0 Å². The summed E-state index contributed by atoms with van der Waals surface area (Å²) in [6, 6.07) is 34.0. The lowest BCUT2D eigenvalue weighted by Gasteiger charge is -2.24. The van der Waals surface area contributed by atoms with Crippen molar-refractivity contribution in [3.05, 3.63) is 125 Å². The first kappa shape index (κ1) is 24.0. The Hall–Kier alpha value is -4.71. The first-order valence-corrected chi connectivity index (χ1v) is 12.2. The van der Waals surface area contributed by atoms with Gasteiger partial charge in [0.15, 0.2) is 6.61 Å². The Balaban J connectivity index is 1.47. The molecule has 5 rings (SSSR count). The molecule has 0 N–H and O–H groups in total. The minimum atomic E-state index is -0.197. The van der Waals surface area contributed by atoms with E-state index in [0.29, 0.717) is 22.5 Å². The minimum absolute atomic E-state index is 0.115. The lowest BCUT2D eigenvalue weighted by Crippen LogP contribution is -2.39. The van der Waals surface area contributed by atoms with Gasteiger partial charge in [-0.3, -0.25) is 14.2 Å². The quantitative estimate of drug-likeness (QED) is 0.289. The molecule has 1 amide bonds. The molecule has 0 aliphatic heterocycles. The maximum Gasteiger partial charge on any atom is 0.264 e. The van der Waals surface area contributed by atoms with Gasteiger partial charge in [-0.2, -0.15) is 0 Å². The zero-order chi connectivity index (χ0) is 25.6. The third-order valence-corrected chi connectivity index (χ3v) is 6.25. The van der Waals surface area contributed by atoms with E-state index in [-0.39, 0.29) is 31.2 Å². The Kier molecular flexibility index (Phi) is 7.08. The van der Waals surface area contributed by atoms with Crippen LogP contribution in [0.4, 0.5) is 5.69 Å². The van der Waals surface area contributed by atoms with Crippen molar-refractivity contribution in [2.24, 2.45) is 0 Å². The van der Waals surface area contributed by atoms with Crippen LogP contribution in [0.15, 0.2) is 114 Å². The fraction of sp³-hybridized carbons (Fsp3) is 0.129. The molecule has 0 fully saturated rings. The fourth-order valence-electron chi connectivity index (χ4n) is 4.32. The number of benzene rings is 4. The standard InChI is InChI=1S/C31H27N3O3/c1-23-12-8-11-19-28(23)37-22-29(35)33(25-15-6-3-7-16-25)20-21-34-30(24-13-4-2-5-14-24)32-27-18-10-9-17-26(27)31(34)36/h2-19H,20-22H2,1H3. The molecule has 0 bridgehead atoms. The largest absolute Gasteiger partial charge is 0.483 e. The fourth-order valence-corrected chi connectivity index (χ4v) is 4.32. The van der Waals surface area contributed by atoms with Crippen LogP contribution in [0.2, 0.25) is 0 Å². The van der Waals surface area contributed by atoms with Crippen LogP contribution in [0.1, 0.15) is 5.56 Å². The zero-order valence-corrected chi connectivity index (χ0v) is 20.6. The van der Waals surface area contributed by atoms with Gasteiger partial charge in [0, 0.05) is 24.3 Å². The van der Waals surface area contributed by atoms with Gasteiger partial charge in [0.1, 0.15) is 11.6 Å². The summed E-state index contributed by atoms with van der Waals surface area (Å²) in [5, 5.41) is 0.544. The zero-order valence-electron chi connectivity index (χ0n) is 20.6. The number of carbonyl (C=O) groups excluding carboxylic acids is 1. The van der Waals surface area contributed by atoms with Gasteiger partial charge in [-0.15, -0.1) is 0 Å². The third kappa shape index (κ3) is 5.28. The number of carbonyl (C=O) groups is 1. The van der Waals surface area contributed by atoms with Crippen molar-refractivity contribution in [1.29, 1.82) is 0 Å². The molecule has 0 radical (unpaired) electrons. The summed E-state index contributed by atoms with van der Waals surface area (Å²) in [4.78, 5) is 33.5. The molecule has 1 heterocycles. The highest BCUT2D eigenvalue weighted by molar-refractivity contribution is 5.94. The molecular formula is C31H27N3O3. The van der Waals surface area contributed by atoms with Gasteiger partial charge in [-0.25, -0.2) is 4.98 Å². The number of hydrogen-bond acceptors (Lipinski definition) is 4. The molecule has 184 valence electrons. The van der Waals surface area contributed by atoms with E-state index in [4.69, 9.17) is 9.72 Å². The summed E-state index contributed by atoms with van der Waals surface area (Å²) in [7, 11) is 0. The Morgan fingerprint density at radius 3 is 2.24 bits per heavy atom. The molecule has 1 aromatic heterocycles. The van der Waals surface area contributed by atoms with E-state index in [0.717, 1.165) is 16.8 Å². The molecule has 0 unspecified atom stereocenters. The van der Waals surface area contributed by atoms with E-state index < -0.39 is 0 Å². The lowest BCUT2D eigenvalue weighted by atomic mass is 10.1. The first-order valence-electron chi connectivity index (χ1n) is 12.2. The number of anilines is 1. The molecule has 0 saturated heterocycles. The summed E-state index contributed by atoms with van der Waals surface area (Å²) < 4.78 is 7.51. The number of hydrogen-bond donors (Lipinski definition) is 0. The second kappa shape index (κ2) is 10.9. The van der Waals surface area contributed by atoms with Gasteiger partial charge in [0.25, 0.3) is 11.5 Å². The molecule has 0 aliphatic carbocycles. The van der Waals surface area contributed by atoms with Crippen molar-refractivity contribution < 1.29 is 9.53 Å². The summed E-state index contributed by atoms with van der Waals surface area (Å²) in [6.07, 6.45) is 0. The number of nitrogens with zero attached hydrogens (tertiary/aromatic N) is 3. The van der Waals surface area contributed by atoms with Gasteiger partial charge < -0.3 is 9.64 Å². The van der Waals surface area contributed by atoms with Crippen LogP contribution in [0.3, 0.4) is 0 Å². The van der Waals surface area contributed by atoms with Crippen molar-refractivity contribution in [2.75, 3.05) is 18.1 Å². The second-order valence-electron chi connectivity index (χ2n) is 8.71. The molecular weight excluding hydrogens is 462 g/mol. The van der Waals surface area contributed by atoms with Crippen LogP contribution in [0.5, 0.6) is 5.75 Å². The maximum atomic E-state index is 13.6. The van der Waals surface area contributed by atoms with Crippen LogP contribution in [-0.2, 0) is 11.3 Å². The van der Waals surface area contributed by atoms with E-state index in [1.54, 1.807) is 15.5 Å². The highest BCUT2D eigenvalue weighted by Crippen LogP contribution is 2.21. The summed E-state index contributed by atoms with van der Waals surface area (Å²) >= 11 is 0. The van der Waals surface area contributed by atoms with Crippen LogP contribution in [0.25, 0.3) is 22.3 Å². The van der Waals surface area contributed by atoms with Gasteiger partial charge in [0.2, 0.25) is 0 Å². The monoisotopic (exact) mass is 489 g/mol. The molecule has 6 nitrogen and oxygen atoms in total. The summed E-state index contributed by atoms with van der Waals surface area (Å²) in [6.45, 7) is 2.38. The molecule has 0 spiro atoms. The molecule has 6 heteroatoms. The van der Waals surface area contributed by atoms with Crippen molar-refractivity contribution in [1.82, 2.24) is 9.55 Å². The molecule has 0 saturated carbocycles. The Morgan fingerprint density at radius 2 is 1.49 bits per heavy atom. The number of aryl methyl sites for hydroxylation is 1. The Morgan fingerprint density at radius 1 is 0.838 bits per heavy atom. The van der Waals surface area contributed by atoms with E-state index in [1.165, 1.54) is 0 Å². The second-order valence-corrected chi connectivity index (χ2v) is 8.71. The van der Waals surface area contributed by atoms with Crippen LogP contribution in [0, 0.1) is 6.92 Å². The molecule has 0 atom stereocenters. The maximum absolute atomic E-state index is 13.6. The smallest absolute Gasteiger partial charge is 0.264 e. The number of amides is 1. The average Bonchev–Trinajstić information content (AvgIpc) is 2.94. The topological polar surface area (TPSA) is 64.4 Å². The predicted octanol–water partition coefficient (Wildman–Crippen LogP) is 5.48.